The number of rotatable bonds is 9. The third-order valence-electron chi connectivity index (χ3n) is 8.54. The normalized spacial score (nSPS) is 21.1. The number of hydrogen-bond donors (Lipinski definition) is 1. The molecule has 1 aliphatic carbocycles. The number of nitrogens with zero attached hydrogens (tertiary/aromatic N) is 4. The van der Waals surface area contributed by atoms with Crippen LogP contribution in [-0.4, -0.2) is 71.3 Å². The molecule has 3 heterocycles. The van der Waals surface area contributed by atoms with Gasteiger partial charge < -0.3 is 28.7 Å². The highest BCUT2D eigenvalue weighted by Gasteiger charge is 2.34. The Balaban J connectivity index is 1.24. The Morgan fingerprint density at radius 3 is 2.83 bits per heavy atom. The average molecular weight is 576 g/mol. The van der Waals surface area contributed by atoms with Crippen molar-refractivity contribution in [2.24, 2.45) is 5.92 Å². The molecule has 2 aromatic carbocycles. The number of halogens is 1. The highest BCUT2D eigenvalue weighted by atomic mass is 19.1. The molecule has 4 aromatic rings. The van der Waals surface area contributed by atoms with Crippen LogP contribution < -0.4 is 10.1 Å². The van der Waals surface area contributed by atoms with E-state index in [2.05, 4.69) is 14.9 Å². The molecule has 0 bridgehead atoms. The van der Waals surface area contributed by atoms with Crippen LogP contribution in [0.5, 0.6) is 5.75 Å². The Bertz CT molecular complexity index is 1520. The second-order valence-corrected chi connectivity index (χ2v) is 11.2. The number of carbonyl (C=O) groups excluding carboxylic acids is 1. The first kappa shape index (κ1) is 28.4. The van der Waals surface area contributed by atoms with E-state index in [1.54, 1.807) is 26.2 Å². The summed E-state index contributed by atoms with van der Waals surface area (Å²) >= 11 is 0. The Morgan fingerprint density at radius 2 is 2.00 bits per heavy atom. The minimum atomic E-state index is -0.536. The quantitative estimate of drug-likeness (QED) is 0.286. The van der Waals surface area contributed by atoms with Crippen molar-refractivity contribution in [2.75, 3.05) is 40.0 Å². The number of nitrogens with one attached hydrogen (secondary N) is 1. The van der Waals surface area contributed by atoms with Crippen molar-refractivity contribution in [1.29, 1.82) is 0 Å². The first-order valence-corrected chi connectivity index (χ1v) is 14.9. The maximum Gasteiger partial charge on any atom is 0.275 e. The van der Waals surface area contributed by atoms with Crippen LogP contribution in [0.2, 0.25) is 0 Å². The van der Waals surface area contributed by atoms with E-state index in [0.29, 0.717) is 55.7 Å². The molecular formula is C32H38FN5O4. The number of aromatic nitrogens is 3. The second kappa shape index (κ2) is 12.6. The average Bonchev–Trinajstić information content (AvgIpc) is 3.63. The monoisotopic (exact) mass is 575 g/mol. The maximum absolute atomic E-state index is 15.0. The number of piperazine rings is 1. The SMILES string of the molecule is COC[C@@H]1CCCCC1n1cnc(C(=O)N2CCNC[C@H]2CCOc2ccc3oc(C)nc3c2F)c1-c1ccccc1. The van der Waals surface area contributed by atoms with Crippen LogP contribution in [0.3, 0.4) is 0 Å². The van der Waals surface area contributed by atoms with Gasteiger partial charge in [-0.1, -0.05) is 43.2 Å². The molecule has 42 heavy (non-hydrogen) atoms. The Kier molecular flexibility index (Phi) is 8.53. The van der Waals surface area contributed by atoms with E-state index < -0.39 is 5.82 Å². The zero-order valence-electron chi connectivity index (χ0n) is 24.2. The second-order valence-electron chi connectivity index (χ2n) is 11.2. The van der Waals surface area contributed by atoms with Crippen LogP contribution in [0.25, 0.3) is 22.4 Å². The smallest absolute Gasteiger partial charge is 0.275 e. The summed E-state index contributed by atoms with van der Waals surface area (Å²) in [6.07, 6.45) is 6.84. The van der Waals surface area contributed by atoms with Gasteiger partial charge in [0.25, 0.3) is 5.91 Å². The minimum Gasteiger partial charge on any atom is -0.490 e. The number of benzene rings is 2. The lowest BCUT2D eigenvalue weighted by molar-refractivity contribution is 0.0600. The number of hydrogen-bond acceptors (Lipinski definition) is 7. The van der Waals surface area contributed by atoms with Crippen LogP contribution in [0, 0.1) is 18.7 Å². The van der Waals surface area contributed by atoms with Gasteiger partial charge in [0.1, 0.15) is 5.52 Å². The molecule has 0 radical (unpaired) electrons. The summed E-state index contributed by atoms with van der Waals surface area (Å²) in [5.74, 6) is 0.267. The lowest BCUT2D eigenvalue weighted by atomic mass is 9.84. The van der Waals surface area contributed by atoms with Gasteiger partial charge in [0.2, 0.25) is 0 Å². The van der Waals surface area contributed by atoms with Gasteiger partial charge >= 0.3 is 0 Å². The van der Waals surface area contributed by atoms with Gasteiger partial charge in [-0.3, -0.25) is 4.79 Å². The van der Waals surface area contributed by atoms with E-state index in [9.17, 15) is 9.18 Å². The lowest BCUT2D eigenvalue weighted by Crippen LogP contribution is -2.54. The molecule has 222 valence electrons. The zero-order valence-corrected chi connectivity index (χ0v) is 24.2. The van der Waals surface area contributed by atoms with E-state index in [1.165, 1.54) is 6.42 Å². The van der Waals surface area contributed by atoms with Crippen LogP contribution in [0.4, 0.5) is 4.39 Å². The molecule has 1 saturated carbocycles. The molecule has 9 nitrogen and oxygen atoms in total. The van der Waals surface area contributed by atoms with Crippen molar-refractivity contribution in [3.63, 3.8) is 0 Å². The summed E-state index contributed by atoms with van der Waals surface area (Å²) in [5.41, 5.74) is 2.86. The Hall–Kier alpha value is -3.76. The van der Waals surface area contributed by atoms with E-state index in [-0.39, 0.29) is 35.9 Å². The summed E-state index contributed by atoms with van der Waals surface area (Å²) in [4.78, 5) is 25.0. The molecule has 1 N–H and O–H groups in total. The molecule has 2 fully saturated rings. The number of fused-ring (bicyclic) bond motifs is 1. The standard InChI is InChI=1S/C32H38FN5O4/c1-21-36-29-27(42-21)13-12-26(28(29)33)41-17-14-24-18-34-15-16-37(24)32(39)30-31(22-8-4-3-5-9-22)38(20-35-30)25-11-7-6-10-23(25)19-40-2/h3-5,8-9,12-13,20,23-25,34H,6-7,10-11,14-19H2,1-2H3/t23-,24+,25?/m0/s1. The third kappa shape index (κ3) is 5.65. The molecule has 3 atom stereocenters. The molecule has 1 unspecified atom stereocenters. The molecule has 0 spiro atoms. The van der Waals surface area contributed by atoms with Crippen molar-refractivity contribution in [3.05, 3.63) is 66.2 Å². The van der Waals surface area contributed by atoms with Gasteiger partial charge in [-0.25, -0.2) is 14.4 Å². The largest absolute Gasteiger partial charge is 0.490 e. The predicted octanol–water partition coefficient (Wildman–Crippen LogP) is 5.40. The number of aryl methyl sites for hydroxylation is 1. The summed E-state index contributed by atoms with van der Waals surface area (Å²) in [7, 11) is 1.75. The van der Waals surface area contributed by atoms with Crippen LogP contribution in [0.15, 0.2) is 53.2 Å². The zero-order chi connectivity index (χ0) is 29.1. The number of ether oxygens (including phenoxy) is 2. The number of oxazole rings is 1. The molecule has 1 saturated heterocycles. The summed E-state index contributed by atoms with van der Waals surface area (Å²) in [6.45, 7) is 4.48. The van der Waals surface area contributed by atoms with Crippen molar-refractivity contribution in [1.82, 2.24) is 24.8 Å². The van der Waals surface area contributed by atoms with Crippen molar-refractivity contribution >= 4 is 17.0 Å². The first-order valence-electron chi connectivity index (χ1n) is 14.9. The highest BCUT2D eigenvalue weighted by molar-refractivity contribution is 5.98. The number of carbonyl (C=O) groups is 1. The summed E-state index contributed by atoms with van der Waals surface area (Å²) in [5, 5.41) is 3.40. The van der Waals surface area contributed by atoms with E-state index in [4.69, 9.17) is 18.9 Å². The van der Waals surface area contributed by atoms with E-state index >= 15 is 0 Å². The number of methoxy groups -OCH3 is 1. The van der Waals surface area contributed by atoms with Crippen LogP contribution in [0.1, 0.15) is 54.5 Å². The van der Waals surface area contributed by atoms with E-state index in [1.807, 2.05) is 41.6 Å². The third-order valence-corrected chi connectivity index (χ3v) is 8.54. The van der Waals surface area contributed by atoms with Gasteiger partial charge in [0.05, 0.1) is 25.2 Å². The fraction of sp³-hybridized carbons (Fsp3) is 0.469. The van der Waals surface area contributed by atoms with Crippen molar-refractivity contribution in [2.45, 2.75) is 51.1 Å². The van der Waals surface area contributed by atoms with Gasteiger partial charge in [-0.15, -0.1) is 0 Å². The summed E-state index contributed by atoms with van der Waals surface area (Å²) < 4.78 is 34.0. The van der Waals surface area contributed by atoms with Gasteiger partial charge in [-0.05, 0) is 25.0 Å². The fourth-order valence-electron chi connectivity index (χ4n) is 6.51. The molecule has 1 amide bonds. The first-order chi connectivity index (χ1) is 20.5. The summed E-state index contributed by atoms with van der Waals surface area (Å²) in [6, 6.07) is 13.4. The van der Waals surface area contributed by atoms with Crippen molar-refractivity contribution < 1.29 is 23.1 Å². The highest BCUT2D eigenvalue weighted by Crippen LogP contribution is 2.38. The molecule has 1 aliphatic heterocycles. The van der Waals surface area contributed by atoms with Gasteiger partial charge in [0, 0.05) is 63.7 Å². The van der Waals surface area contributed by atoms with Crippen LogP contribution >= 0.6 is 0 Å². The topological polar surface area (TPSA) is 94.7 Å². The molecule has 10 heteroatoms. The molecular weight excluding hydrogens is 537 g/mol. The fourth-order valence-corrected chi connectivity index (χ4v) is 6.51. The maximum atomic E-state index is 15.0. The van der Waals surface area contributed by atoms with Crippen molar-refractivity contribution in [3.8, 4) is 17.0 Å². The molecule has 2 aromatic heterocycles. The number of amides is 1. The number of imidazole rings is 1. The van der Waals surface area contributed by atoms with Gasteiger partial charge in [0.15, 0.2) is 28.7 Å². The van der Waals surface area contributed by atoms with Gasteiger partial charge in [-0.2, -0.15) is 0 Å². The van der Waals surface area contributed by atoms with Crippen LogP contribution in [-0.2, 0) is 4.74 Å². The molecule has 2 aliphatic rings. The minimum absolute atomic E-state index is 0.0936. The molecule has 6 rings (SSSR count). The predicted molar refractivity (Wildman–Crippen MR) is 157 cm³/mol. The Labute approximate surface area is 245 Å². The Morgan fingerprint density at radius 1 is 1.17 bits per heavy atom. The lowest BCUT2D eigenvalue weighted by Gasteiger charge is -2.36. The van der Waals surface area contributed by atoms with E-state index in [0.717, 1.165) is 30.5 Å².